The minimum atomic E-state index is -0.661. The Morgan fingerprint density at radius 1 is 1.21 bits per heavy atom. The van der Waals surface area contributed by atoms with Crippen LogP contribution in [-0.4, -0.2) is 40.4 Å². The van der Waals surface area contributed by atoms with Crippen molar-refractivity contribution in [2.45, 2.75) is 32.7 Å². The van der Waals surface area contributed by atoms with Crippen LogP contribution in [0.25, 0.3) is 0 Å². The molecule has 0 spiro atoms. The van der Waals surface area contributed by atoms with Crippen molar-refractivity contribution in [3.05, 3.63) is 41.3 Å². The molecule has 0 N–H and O–H groups in total. The van der Waals surface area contributed by atoms with Crippen LogP contribution in [0.4, 0.5) is 14.8 Å². The van der Waals surface area contributed by atoms with E-state index in [1.165, 1.54) is 17.1 Å². The molecule has 2 aliphatic heterocycles. The summed E-state index contributed by atoms with van der Waals surface area (Å²) >= 11 is 0. The van der Waals surface area contributed by atoms with Gasteiger partial charge in [0.1, 0.15) is 11.6 Å². The highest BCUT2D eigenvalue weighted by atomic mass is 19.1. The van der Waals surface area contributed by atoms with Crippen LogP contribution in [0.1, 0.15) is 37.3 Å². The van der Waals surface area contributed by atoms with Crippen LogP contribution in [0.15, 0.2) is 27.7 Å². The minimum absolute atomic E-state index is 0.0363. The smallest absolute Gasteiger partial charge is 0.318 e. The lowest BCUT2D eigenvalue weighted by atomic mass is 9.85. The molecule has 0 bridgehead atoms. The molecule has 3 atom stereocenters. The van der Waals surface area contributed by atoms with Gasteiger partial charge in [-0.3, -0.25) is 4.79 Å². The van der Waals surface area contributed by atoms with Gasteiger partial charge in [-0.15, -0.1) is 5.10 Å². The number of aromatic nitrogens is 2. The van der Waals surface area contributed by atoms with Crippen molar-refractivity contribution in [2.24, 2.45) is 16.9 Å². The second-order valence-electron chi connectivity index (χ2n) is 7.36. The average molecular weight is 389 g/mol. The third-order valence-electron chi connectivity index (χ3n) is 5.33. The van der Waals surface area contributed by atoms with Gasteiger partial charge in [0.05, 0.1) is 6.04 Å². The molecule has 148 valence electrons. The quantitative estimate of drug-likeness (QED) is 0.807. The molecule has 0 aliphatic carbocycles. The highest BCUT2D eigenvalue weighted by molar-refractivity contribution is 5.82. The first-order valence-electron chi connectivity index (χ1n) is 9.29. The summed E-state index contributed by atoms with van der Waals surface area (Å²) in [6.45, 7) is 4.94. The van der Waals surface area contributed by atoms with E-state index in [-0.39, 0.29) is 17.7 Å². The van der Waals surface area contributed by atoms with E-state index in [0.717, 1.165) is 6.07 Å². The first kappa shape index (κ1) is 18.5. The Morgan fingerprint density at radius 3 is 2.61 bits per heavy atom. The number of benzene rings is 1. The van der Waals surface area contributed by atoms with Crippen LogP contribution in [-0.2, 0) is 4.79 Å². The number of hydrazone groups is 1. The SMILES string of the molecule is Cc1nnc(N2CC[C@@H](C(=O)N3N=CC[C@H]3c3cc(F)cc(F)c3)[C@@H](C)C2)o1. The Balaban J connectivity index is 1.48. The Kier molecular flexibility index (Phi) is 4.82. The van der Waals surface area contributed by atoms with Gasteiger partial charge in [0.15, 0.2) is 0 Å². The van der Waals surface area contributed by atoms with Crippen LogP contribution < -0.4 is 4.90 Å². The highest BCUT2D eigenvalue weighted by Gasteiger charge is 2.39. The molecule has 9 heteroatoms. The largest absolute Gasteiger partial charge is 0.408 e. The Hall–Kier alpha value is -2.84. The highest BCUT2D eigenvalue weighted by Crippen LogP contribution is 2.34. The standard InChI is InChI=1S/C19H21F2N5O2/c1-11-10-25(19-24-23-12(2)28-19)6-4-16(11)18(27)26-17(3-5-22-26)13-7-14(20)9-15(21)8-13/h5,7-9,11,16-17H,3-4,6,10H2,1-2H3/t11-,16+,17-/m0/s1. The number of carbonyl (C=O) groups excluding carboxylic acids is 1. The molecule has 0 unspecified atom stereocenters. The molecule has 4 rings (SSSR count). The van der Waals surface area contributed by atoms with Gasteiger partial charge in [0.2, 0.25) is 11.8 Å². The van der Waals surface area contributed by atoms with Gasteiger partial charge in [-0.05, 0) is 30.0 Å². The molecule has 1 aromatic heterocycles. The van der Waals surface area contributed by atoms with E-state index < -0.39 is 17.7 Å². The molecule has 1 amide bonds. The second kappa shape index (κ2) is 7.29. The number of piperidine rings is 1. The summed E-state index contributed by atoms with van der Waals surface area (Å²) in [5, 5.41) is 13.5. The summed E-state index contributed by atoms with van der Waals surface area (Å²) in [7, 11) is 0. The third kappa shape index (κ3) is 3.48. The van der Waals surface area contributed by atoms with E-state index in [4.69, 9.17) is 4.42 Å². The summed E-state index contributed by atoms with van der Waals surface area (Å²) in [4.78, 5) is 15.1. The maximum atomic E-state index is 13.6. The zero-order chi connectivity index (χ0) is 19.8. The monoisotopic (exact) mass is 389 g/mol. The predicted octanol–water partition coefficient (Wildman–Crippen LogP) is 3.08. The van der Waals surface area contributed by atoms with Gasteiger partial charge in [-0.2, -0.15) is 5.10 Å². The van der Waals surface area contributed by atoms with E-state index in [0.29, 0.717) is 43.4 Å². The maximum absolute atomic E-state index is 13.6. The zero-order valence-corrected chi connectivity index (χ0v) is 15.7. The normalized spacial score (nSPS) is 24.8. The van der Waals surface area contributed by atoms with Crippen LogP contribution in [0.5, 0.6) is 0 Å². The molecule has 1 saturated heterocycles. The molecule has 1 aromatic carbocycles. The summed E-state index contributed by atoms with van der Waals surface area (Å²) < 4.78 is 32.7. The summed E-state index contributed by atoms with van der Waals surface area (Å²) in [5.74, 6) is -1.16. The van der Waals surface area contributed by atoms with Crippen LogP contribution in [0, 0.1) is 30.4 Å². The van der Waals surface area contributed by atoms with Crippen LogP contribution in [0.3, 0.4) is 0 Å². The van der Waals surface area contributed by atoms with Gasteiger partial charge in [-0.25, -0.2) is 13.8 Å². The molecule has 2 aromatic rings. The first-order chi connectivity index (χ1) is 13.4. The average Bonchev–Trinajstić information content (AvgIpc) is 3.29. The fourth-order valence-electron chi connectivity index (χ4n) is 3.94. The number of nitrogens with zero attached hydrogens (tertiary/aromatic N) is 5. The van der Waals surface area contributed by atoms with Crippen molar-refractivity contribution in [1.82, 2.24) is 15.2 Å². The first-order valence-corrected chi connectivity index (χ1v) is 9.29. The van der Waals surface area contributed by atoms with Crippen LogP contribution >= 0.6 is 0 Å². The topological polar surface area (TPSA) is 74.8 Å². The van der Waals surface area contributed by atoms with Crippen molar-refractivity contribution in [2.75, 3.05) is 18.0 Å². The van der Waals surface area contributed by atoms with Gasteiger partial charge in [0.25, 0.3) is 0 Å². The third-order valence-corrected chi connectivity index (χ3v) is 5.33. The summed E-state index contributed by atoms with van der Waals surface area (Å²) in [6.07, 6.45) is 2.66. The van der Waals surface area contributed by atoms with E-state index in [1.54, 1.807) is 13.1 Å². The second-order valence-corrected chi connectivity index (χ2v) is 7.36. The van der Waals surface area contributed by atoms with Gasteiger partial charge in [-0.1, -0.05) is 12.0 Å². The zero-order valence-electron chi connectivity index (χ0n) is 15.7. The van der Waals surface area contributed by atoms with Crippen molar-refractivity contribution < 1.29 is 18.0 Å². The minimum Gasteiger partial charge on any atom is -0.408 e. The maximum Gasteiger partial charge on any atom is 0.318 e. The number of aryl methyl sites for hydroxylation is 1. The molecule has 2 aliphatic rings. The number of hydrogen-bond acceptors (Lipinski definition) is 6. The number of hydrogen-bond donors (Lipinski definition) is 0. The number of halogens is 2. The Bertz CT molecular complexity index is 895. The van der Waals surface area contributed by atoms with Crippen LogP contribution in [0.2, 0.25) is 0 Å². The lowest BCUT2D eigenvalue weighted by Gasteiger charge is -2.37. The fourth-order valence-corrected chi connectivity index (χ4v) is 3.94. The summed E-state index contributed by atoms with van der Waals surface area (Å²) in [6, 6.07) is 3.31. The molecule has 3 heterocycles. The van der Waals surface area contributed by atoms with E-state index in [1.807, 2.05) is 11.8 Å². The molecule has 0 saturated carbocycles. The van der Waals surface area contributed by atoms with Crippen molar-refractivity contribution >= 4 is 18.1 Å². The Labute approximate surface area is 161 Å². The van der Waals surface area contributed by atoms with E-state index in [9.17, 15) is 13.6 Å². The van der Waals surface area contributed by atoms with Crippen molar-refractivity contribution in [3.8, 4) is 0 Å². The molecule has 28 heavy (non-hydrogen) atoms. The van der Waals surface area contributed by atoms with Crippen molar-refractivity contribution in [1.29, 1.82) is 0 Å². The fraction of sp³-hybridized carbons (Fsp3) is 0.474. The van der Waals surface area contributed by atoms with Gasteiger partial charge >= 0.3 is 6.01 Å². The van der Waals surface area contributed by atoms with E-state index in [2.05, 4.69) is 15.3 Å². The van der Waals surface area contributed by atoms with Gasteiger partial charge < -0.3 is 9.32 Å². The molecule has 7 nitrogen and oxygen atoms in total. The Morgan fingerprint density at radius 2 is 1.96 bits per heavy atom. The molecule has 0 radical (unpaired) electrons. The summed E-state index contributed by atoms with van der Waals surface area (Å²) in [5.41, 5.74) is 0.412. The van der Waals surface area contributed by atoms with E-state index >= 15 is 0 Å². The predicted molar refractivity (Wildman–Crippen MR) is 97.6 cm³/mol. The molecular formula is C19H21F2N5O2. The number of rotatable bonds is 3. The molecular weight excluding hydrogens is 368 g/mol. The lowest BCUT2D eigenvalue weighted by molar-refractivity contribution is -0.139. The number of amides is 1. The lowest BCUT2D eigenvalue weighted by Crippen LogP contribution is -2.46. The van der Waals surface area contributed by atoms with Gasteiger partial charge in [0, 0.05) is 44.6 Å². The number of carbonyl (C=O) groups is 1. The number of anilines is 1. The van der Waals surface area contributed by atoms with Crippen molar-refractivity contribution in [3.63, 3.8) is 0 Å². The molecule has 1 fully saturated rings.